The van der Waals surface area contributed by atoms with Crippen molar-refractivity contribution in [3.05, 3.63) is 0 Å². The van der Waals surface area contributed by atoms with Crippen molar-refractivity contribution in [2.45, 2.75) is 96.2 Å². The van der Waals surface area contributed by atoms with Crippen molar-refractivity contribution in [2.75, 3.05) is 32.4 Å². The molecule has 2 N–H and O–H groups in total. The first-order chi connectivity index (χ1) is 13.6. The predicted molar refractivity (Wildman–Crippen MR) is 114 cm³/mol. The molecule has 1 unspecified atom stereocenters. The van der Waals surface area contributed by atoms with Gasteiger partial charge in [-0.15, -0.1) is 0 Å². The summed E-state index contributed by atoms with van der Waals surface area (Å²) in [7, 11) is -2.23. The highest BCUT2D eigenvalue weighted by atomic mass is 32.2. The molecule has 0 spiro atoms. The molecule has 1 fully saturated rings. The SMILES string of the molecule is CCCCCCCCCCCC(=O)OC1CC[N+](C)(CC(O)CS(=O)(=O)O)CC1. The molecule has 0 amide bonds. The largest absolute Gasteiger partial charge is 0.462 e. The van der Waals surface area contributed by atoms with Crippen LogP contribution in [0.2, 0.25) is 0 Å². The van der Waals surface area contributed by atoms with Crippen molar-refractivity contribution in [2.24, 2.45) is 0 Å². The van der Waals surface area contributed by atoms with Crippen LogP contribution in [0.5, 0.6) is 0 Å². The van der Waals surface area contributed by atoms with E-state index >= 15 is 0 Å². The number of carbonyl (C=O) groups excluding carboxylic acids is 1. The van der Waals surface area contributed by atoms with Gasteiger partial charge in [0.1, 0.15) is 24.5 Å². The van der Waals surface area contributed by atoms with Gasteiger partial charge in [0, 0.05) is 19.3 Å². The molecule has 0 aliphatic carbocycles. The van der Waals surface area contributed by atoms with Crippen LogP contribution in [0, 0.1) is 0 Å². The number of nitrogens with zero attached hydrogens (tertiary/aromatic N) is 1. The topological polar surface area (TPSA) is 101 Å². The summed E-state index contributed by atoms with van der Waals surface area (Å²) < 4.78 is 36.7. The molecule has 7 nitrogen and oxygen atoms in total. The fraction of sp³-hybridized carbons (Fsp3) is 0.952. The lowest BCUT2D eigenvalue weighted by Crippen LogP contribution is -2.55. The Balaban J connectivity index is 2.12. The minimum atomic E-state index is -4.18. The fourth-order valence-corrected chi connectivity index (χ4v) is 4.69. The van der Waals surface area contributed by atoms with Gasteiger partial charge in [-0.1, -0.05) is 58.3 Å². The average molecular weight is 437 g/mol. The van der Waals surface area contributed by atoms with E-state index in [1.807, 2.05) is 7.05 Å². The Morgan fingerprint density at radius 2 is 1.55 bits per heavy atom. The zero-order valence-corrected chi connectivity index (χ0v) is 19.2. The van der Waals surface area contributed by atoms with Gasteiger partial charge in [0.15, 0.2) is 0 Å². The number of aliphatic hydroxyl groups excluding tert-OH is 1. The standard InChI is InChI=1S/C21H41NO6S/c1-3-4-5-6-7-8-9-10-11-12-21(24)28-20-13-15-22(2,16-14-20)17-19(23)18-29(25,26)27/h19-20,23H,3-18H2,1-2H3/p+1. The summed E-state index contributed by atoms with van der Waals surface area (Å²) in [5.41, 5.74) is 0. The number of rotatable bonds is 15. The van der Waals surface area contributed by atoms with E-state index in [1.165, 1.54) is 44.9 Å². The lowest BCUT2D eigenvalue weighted by molar-refractivity contribution is -0.917. The van der Waals surface area contributed by atoms with E-state index in [1.54, 1.807) is 0 Å². The summed E-state index contributed by atoms with van der Waals surface area (Å²) >= 11 is 0. The van der Waals surface area contributed by atoms with Crippen molar-refractivity contribution in [3.8, 4) is 0 Å². The van der Waals surface area contributed by atoms with E-state index in [0.29, 0.717) is 36.8 Å². The minimum Gasteiger partial charge on any atom is -0.462 e. The van der Waals surface area contributed by atoms with Crippen molar-refractivity contribution < 1.29 is 32.1 Å². The fourth-order valence-electron chi connectivity index (χ4n) is 4.10. The number of esters is 1. The molecule has 8 heteroatoms. The average Bonchev–Trinajstić information content (AvgIpc) is 2.60. The second-order valence-electron chi connectivity index (χ2n) is 8.92. The first-order valence-corrected chi connectivity index (χ1v) is 12.9. The van der Waals surface area contributed by atoms with E-state index in [0.717, 1.165) is 12.8 Å². The Kier molecular flexibility index (Phi) is 12.3. The third kappa shape index (κ3) is 13.3. The molecule has 1 saturated heterocycles. The van der Waals surface area contributed by atoms with Crippen molar-refractivity contribution >= 4 is 16.1 Å². The van der Waals surface area contributed by atoms with Crippen LogP contribution in [0.4, 0.5) is 0 Å². The molecule has 0 aromatic heterocycles. The molecule has 1 atom stereocenters. The normalized spacial score (nSPS) is 23.7. The van der Waals surface area contributed by atoms with Gasteiger partial charge in [0.05, 0.1) is 20.1 Å². The zero-order valence-electron chi connectivity index (χ0n) is 18.4. The van der Waals surface area contributed by atoms with E-state index in [-0.39, 0.29) is 18.6 Å². The molecule has 172 valence electrons. The highest BCUT2D eigenvalue weighted by Crippen LogP contribution is 2.21. The van der Waals surface area contributed by atoms with E-state index in [4.69, 9.17) is 9.29 Å². The zero-order chi connectivity index (χ0) is 21.8. The monoisotopic (exact) mass is 436 g/mol. The van der Waals surface area contributed by atoms with Gasteiger partial charge in [0.25, 0.3) is 10.1 Å². The van der Waals surface area contributed by atoms with Crippen molar-refractivity contribution in [3.63, 3.8) is 0 Å². The smallest absolute Gasteiger partial charge is 0.306 e. The summed E-state index contributed by atoms with van der Waals surface area (Å²) in [5, 5.41) is 9.89. The Bertz CT molecular complexity index is 558. The highest BCUT2D eigenvalue weighted by Gasteiger charge is 2.34. The van der Waals surface area contributed by atoms with Gasteiger partial charge in [-0.2, -0.15) is 8.42 Å². The number of quaternary nitrogens is 1. The molecule has 0 aromatic carbocycles. The van der Waals surface area contributed by atoms with Gasteiger partial charge in [-0.25, -0.2) is 0 Å². The maximum atomic E-state index is 12.1. The minimum absolute atomic E-state index is 0.0917. The second kappa shape index (κ2) is 13.6. The lowest BCUT2D eigenvalue weighted by Gasteiger charge is -2.41. The third-order valence-corrected chi connectivity index (χ3v) is 6.62. The van der Waals surface area contributed by atoms with Crippen molar-refractivity contribution in [1.82, 2.24) is 0 Å². The number of aliphatic hydroxyl groups is 1. The number of hydrogen-bond acceptors (Lipinski definition) is 5. The van der Waals surface area contributed by atoms with E-state index < -0.39 is 22.0 Å². The number of carbonyl (C=O) groups is 1. The molecule has 0 radical (unpaired) electrons. The van der Waals surface area contributed by atoms with E-state index in [2.05, 4.69) is 6.92 Å². The van der Waals surface area contributed by atoms with Crippen LogP contribution >= 0.6 is 0 Å². The predicted octanol–water partition coefficient (Wildman–Crippen LogP) is 3.31. The van der Waals surface area contributed by atoms with Crippen LogP contribution in [0.15, 0.2) is 0 Å². The molecule has 0 saturated carbocycles. The summed E-state index contributed by atoms with van der Waals surface area (Å²) in [6, 6.07) is 0. The van der Waals surface area contributed by atoms with Crippen LogP contribution in [-0.4, -0.2) is 73.2 Å². The van der Waals surface area contributed by atoms with Crippen LogP contribution in [-0.2, 0) is 19.6 Å². The Morgan fingerprint density at radius 3 is 2.07 bits per heavy atom. The maximum absolute atomic E-state index is 12.1. The summed E-state index contributed by atoms with van der Waals surface area (Å²) in [5.74, 6) is -0.765. The molecule has 1 rings (SSSR count). The molecule has 0 bridgehead atoms. The van der Waals surface area contributed by atoms with Crippen LogP contribution in [0.25, 0.3) is 0 Å². The number of likely N-dealkylation sites (N-methyl/N-ethyl adjacent to an activating group) is 1. The Labute approximate surface area is 177 Å². The third-order valence-electron chi connectivity index (χ3n) is 5.82. The summed E-state index contributed by atoms with van der Waals surface area (Å²) in [6.07, 6.45) is 11.7. The van der Waals surface area contributed by atoms with Crippen LogP contribution < -0.4 is 0 Å². The number of hydrogen-bond donors (Lipinski definition) is 2. The van der Waals surface area contributed by atoms with Crippen LogP contribution in [0.3, 0.4) is 0 Å². The summed E-state index contributed by atoms with van der Waals surface area (Å²) in [6.45, 7) is 3.90. The molecule has 0 aromatic rings. The first-order valence-electron chi connectivity index (χ1n) is 11.3. The van der Waals surface area contributed by atoms with Gasteiger partial charge >= 0.3 is 5.97 Å². The number of unbranched alkanes of at least 4 members (excludes halogenated alkanes) is 8. The molecular formula is C21H42NO6S+. The summed E-state index contributed by atoms with van der Waals surface area (Å²) in [4.78, 5) is 12.1. The Hall–Kier alpha value is -0.700. The van der Waals surface area contributed by atoms with E-state index in [9.17, 15) is 18.3 Å². The molecule has 1 aliphatic heterocycles. The molecule has 29 heavy (non-hydrogen) atoms. The highest BCUT2D eigenvalue weighted by molar-refractivity contribution is 7.85. The molecule has 1 heterocycles. The Morgan fingerprint density at radius 1 is 1.03 bits per heavy atom. The van der Waals surface area contributed by atoms with Crippen LogP contribution in [0.1, 0.15) is 84.0 Å². The number of ether oxygens (including phenoxy) is 1. The van der Waals surface area contributed by atoms with Gasteiger partial charge in [-0.05, 0) is 6.42 Å². The maximum Gasteiger partial charge on any atom is 0.306 e. The van der Waals surface area contributed by atoms with Gasteiger partial charge in [0.2, 0.25) is 0 Å². The second-order valence-corrected chi connectivity index (χ2v) is 10.4. The van der Waals surface area contributed by atoms with Gasteiger partial charge < -0.3 is 14.3 Å². The number of piperidine rings is 1. The van der Waals surface area contributed by atoms with Crippen molar-refractivity contribution in [1.29, 1.82) is 0 Å². The quantitative estimate of drug-likeness (QED) is 0.177. The lowest BCUT2D eigenvalue weighted by atomic mass is 10.0. The number of likely N-dealkylation sites (tertiary alicyclic amines) is 1. The molecular weight excluding hydrogens is 394 g/mol. The van der Waals surface area contributed by atoms with Gasteiger partial charge in [-0.3, -0.25) is 9.35 Å². The molecule has 1 aliphatic rings. The first kappa shape index (κ1) is 26.3.